The molecule has 0 aliphatic carbocycles. The highest BCUT2D eigenvalue weighted by Crippen LogP contribution is 2.24. The van der Waals surface area contributed by atoms with Gasteiger partial charge in [0.2, 0.25) is 0 Å². The number of carbonyl (C=O) groups excluding carboxylic acids is 1. The maximum Gasteiger partial charge on any atom is 0.274 e. The van der Waals surface area contributed by atoms with E-state index < -0.39 is 0 Å². The molecule has 1 amide bonds. The molecule has 0 N–H and O–H groups in total. The van der Waals surface area contributed by atoms with Crippen LogP contribution in [0, 0.1) is 0 Å². The minimum Gasteiger partial charge on any atom is -0.497 e. The third kappa shape index (κ3) is 2.98. The molecule has 0 radical (unpaired) electrons. The lowest BCUT2D eigenvalue weighted by Gasteiger charge is -2.26. The minimum absolute atomic E-state index is 0.0712. The second-order valence-corrected chi connectivity index (χ2v) is 5.05. The van der Waals surface area contributed by atoms with E-state index in [1.54, 1.807) is 18.2 Å². The maximum absolute atomic E-state index is 12.3. The molecular formula is C17H17N3O2. The number of aromatic nitrogens is 2. The average molecular weight is 295 g/mol. The van der Waals surface area contributed by atoms with Gasteiger partial charge in [0.05, 0.1) is 13.3 Å². The van der Waals surface area contributed by atoms with Crippen LogP contribution in [-0.2, 0) is 0 Å². The molecule has 0 atom stereocenters. The topological polar surface area (TPSA) is 55.3 Å². The monoisotopic (exact) mass is 295 g/mol. The summed E-state index contributed by atoms with van der Waals surface area (Å²) in [5.74, 6) is 0.776. The normalized spacial score (nSPS) is 14.4. The summed E-state index contributed by atoms with van der Waals surface area (Å²) in [6.45, 7) is 1.28. The molecule has 112 valence electrons. The molecule has 2 heterocycles. The molecule has 0 fully saturated rings. The van der Waals surface area contributed by atoms with Crippen LogP contribution in [0.15, 0.2) is 48.9 Å². The van der Waals surface area contributed by atoms with E-state index in [4.69, 9.17) is 4.74 Å². The summed E-state index contributed by atoms with van der Waals surface area (Å²) in [6.07, 6.45) is 7.54. The van der Waals surface area contributed by atoms with Gasteiger partial charge in [-0.25, -0.2) is 4.98 Å². The molecule has 0 spiro atoms. The molecule has 1 aromatic heterocycles. The van der Waals surface area contributed by atoms with Gasteiger partial charge in [-0.2, -0.15) is 0 Å². The molecule has 1 aliphatic heterocycles. The fraction of sp³-hybridized carbons (Fsp3) is 0.235. The first kappa shape index (κ1) is 14.3. The summed E-state index contributed by atoms with van der Waals surface area (Å²) in [7, 11) is 1.66. The summed E-state index contributed by atoms with van der Waals surface area (Å²) < 4.78 is 5.17. The lowest BCUT2D eigenvalue weighted by molar-refractivity contribution is 0.0766. The van der Waals surface area contributed by atoms with Crippen LogP contribution < -0.4 is 4.74 Å². The van der Waals surface area contributed by atoms with Gasteiger partial charge in [-0.3, -0.25) is 9.78 Å². The number of rotatable bonds is 3. The Hall–Kier alpha value is -2.69. The Morgan fingerprint density at radius 3 is 2.64 bits per heavy atom. The zero-order valence-corrected chi connectivity index (χ0v) is 12.4. The number of carbonyl (C=O) groups is 1. The second-order valence-electron chi connectivity index (χ2n) is 5.05. The lowest BCUT2D eigenvalue weighted by Crippen LogP contribution is -2.35. The number of benzene rings is 1. The number of amides is 1. The van der Waals surface area contributed by atoms with E-state index in [1.165, 1.54) is 23.5 Å². The Labute approximate surface area is 129 Å². The molecular weight excluding hydrogens is 278 g/mol. The zero-order chi connectivity index (χ0) is 15.4. The van der Waals surface area contributed by atoms with Crippen molar-refractivity contribution >= 4 is 11.5 Å². The number of hydrogen-bond acceptors (Lipinski definition) is 4. The summed E-state index contributed by atoms with van der Waals surface area (Å²) in [5.41, 5.74) is 2.82. The van der Waals surface area contributed by atoms with E-state index in [9.17, 15) is 4.79 Å². The molecule has 1 aromatic carbocycles. The van der Waals surface area contributed by atoms with Crippen molar-refractivity contribution in [2.24, 2.45) is 0 Å². The summed E-state index contributed by atoms with van der Waals surface area (Å²) >= 11 is 0. The predicted octanol–water partition coefficient (Wildman–Crippen LogP) is 2.41. The number of ether oxygens (including phenoxy) is 1. The van der Waals surface area contributed by atoms with Gasteiger partial charge in [0.1, 0.15) is 11.4 Å². The van der Waals surface area contributed by atoms with Gasteiger partial charge in [0.15, 0.2) is 0 Å². The van der Waals surface area contributed by atoms with Crippen LogP contribution in [0.5, 0.6) is 5.75 Å². The largest absolute Gasteiger partial charge is 0.497 e. The van der Waals surface area contributed by atoms with Crippen LogP contribution >= 0.6 is 0 Å². The SMILES string of the molecule is COc1ccc(C2=CCN(C(=O)c3cnccn3)CC2)cc1. The van der Waals surface area contributed by atoms with Gasteiger partial charge in [0, 0.05) is 25.5 Å². The smallest absolute Gasteiger partial charge is 0.274 e. The van der Waals surface area contributed by atoms with Gasteiger partial charge in [0.25, 0.3) is 5.91 Å². The molecule has 1 aliphatic rings. The zero-order valence-electron chi connectivity index (χ0n) is 12.4. The van der Waals surface area contributed by atoms with E-state index >= 15 is 0 Å². The van der Waals surface area contributed by atoms with Crippen LogP contribution in [0.2, 0.25) is 0 Å². The Balaban J connectivity index is 1.70. The molecule has 22 heavy (non-hydrogen) atoms. The van der Waals surface area contributed by atoms with Crippen LogP contribution in [0.1, 0.15) is 22.5 Å². The first-order chi connectivity index (χ1) is 10.8. The van der Waals surface area contributed by atoms with Crippen molar-refractivity contribution in [2.45, 2.75) is 6.42 Å². The maximum atomic E-state index is 12.3. The van der Waals surface area contributed by atoms with Gasteiger partial charge >= 0.3 is 0 Å². The molecule has 0 unspecified atom stereocenters. The van der Waals surface area contributed by atoms with Gasteiger partial charge in [-0.15, -0.1) is 0 Å². The van der Waals surface area contributed by atoms with Crippen LogP contribution in [0.4, 0.5) is 0 Å². The van der Waals surface area contributed by atoms with E-state index in [0.717, 1.165) is 12.2 Å². The van der Waals surface area contributed by atoms with Gasteiger partial charge < -0.3 is 9.64 Å². The van der Waals surface area contributed by atoms with Crippen molar-refractivity contribution in [2.75, 3.05) is 20.2 Å². The minimum atomic E-state index is -0.0712. The fourth-order valence-corrected chi connectivity index (χ4v) is 2.49. The molecule has 5 heteroatoms. The summed E-state index contributed by atoms with van der Waals surface area (Å²) in [5, 5.41) is 0. The third-order valence-electron chi connectivity index (χ3n) is 3.74. The Morgan fingerprint density at radius 2 is 2.05 bits per heavy atom. The van der Waals surface area contributed by atoms with Crippen molar-refractivity contribution in [1.82, 2.24) is 14.9 Å². The summed E-state index contributed by atoms with van der Waals surface area (Å²) in [6, 6.07) is 8.00. The predicted molar refractivity (Wildman–Crippen MR) is 83.5 cm³/mol. The number of hydrogen-bond donors (Lipinski definition) is 0. The van der Waals surface area contributed by atoms with E-state index in [1.807, 2.05) is 24.3 Å². The third-order valence-corrected chi connectivity index (χ3v) is 3.74. The van der Waals surface area contributed by atoms with Gasteiger partial charge in [-0.05, 0) is 29.7 Å². The molecule has 0 saturated carbocycles. The molecule has 0 saturated heterocycles. The van der Waals surface area contributed by atoms with Crippen molar-refractivity contribution in [1.29, 1.82) is 0 Å². The number of methoxy groups -OCH3 is 1. The summed E-state index contributed by atoms with van der Waals surface area (Å²) in [4.78, 5) is 22.1. The second kappa shape index (κ2) is 6.39. The van der Waals surface area contributed by atoms with Gasteiger partial charge in [-0.1, -0.05) is 18.2 Å². The first-order valence-electron chi connectivity index (χ1n) is 7.16. The molecule has 5 nitrogen and oxygen atoms in total. The Bertz CT molecular complexity index is 681. The standard InChI is InChI=1S/C17H17N3O2/c1-22-15-4-2-13(3-5-15)14-6-10-20(11-7-14)17(21)16-12-18-8-9-19-16/h2-6,8-9,12H,7,10-11H2,1H3. The highest BCUT2D eigenvalue weighted by atomic mass is 16.5. The molecule has 2 aromatic rings. The average Bonchev–Trinajstić information content (AvgIpc) is 2.62. The highest BCUT2D eigenvalue weighted by molar-refractivity contribution is 5.92. The van der Waals surface area contributed by atoms with Crippen molar-refractivity contribution in [3.63, 3.8) is 0 Å². The van der Waals surface area contributed by atoms with Crippen LogP contribution in [-0.4, -0.2) is 41.0 Å². The Kier molecular flexibility index (Phi) is 4.14. The van der Waals surface area contributed by atoms with Crippen molar-refractivity contribution < 1.29 is 9.53 Å². The first-order valence-corrected chi connectivity index (χ1v) is 7.16. The van der Waals surface area contributed by atoms with Crippen molar-refractivity contribution in [3.8, 4) is 5.75 Å². The van der Waals surface area contributed by atoms with Crippen molar-refractivity contribution in [3.05, 3.63) is 60.2 Å². The lowest BCUT2D eigenvalue weighted by atomic mass is 9.99. The van der Waals surface area contributed by atoms with E-state index in [2.05, 4.69) is 16.0 Å². The van der Waals surface area contributed by atoms with E-state index in [0.29, 0.717) is 18.8 Å². The molecule has 3 rings (SSSR count). The van der Waals surface area contributed by atoms with Crippen LogP contribution in [0.25, 0.3) is 5.57 Å². The quantitative estimate of drug-likeness (QED) is 0.872. The van der Waals surface area contributed by atoms with Crippen LogP contribution in [0.3, 0.4) is 0 Å². The molecule has 0 bridgehead atoms. The highest BCUT2D eigenvalue weighted by Gasteiger charge is 2.20. The van der Waals surface area contributed by atoms with E-state index in [-0.39, 0.29) is 5.91 Å². The Morgan fingerprint density at radius 1 is 1.23 bits per heavy atom. The fourth-order valence-electron chi connectivity index (χ4n) is 2.49. The number of nitrogens with zero attached hydrogens (tertiary/aromatic N) is 3.